The van der Waals surface area contributed by atoms with Crippen molar-refractivity contribution in [2.45, 2.75) is 52.5 Å². The molecule has 3 aromatic rings. The molecule has 0 aliphatic heterocycles. The number of carbonyl (C=O) groups is 2. The fourth-order valence-electron chi connectivity index (χ4n) is 4.07. The highest BCUT2D eigenvalue weighted by Crippen LogP contribution is 2.28. The van der Waals surface area contributed by atoms with Crippen molar-refractivity contribution in [3.8, 4) is 11.4 Å². The molecule has 3 rings (SSSR count). The Morgan fingerprint density at radius 2 is 1.77 bits per heavy atom. The van der Waals surface area contributed by atoms with Crippen LogP contribution in [0.4, 0.5) is 0 Å². The summed E-state index contributed by atoms with van der Waals surface area (Å²) in [5.41, 5.74) is 0.866. The van der Waals surface area contributed by atoms with Crippen LogP contribution in [0.25, 0.3) is 16.6 Å². The summed E-state index contributed by atoms with van der Waals surface area (Å²) in [5, 5.41) is 0.475. The summed E-state index contributed by atoms with van der Waals surface area (Å²) in [6, 6.07) is 13.9. The van der Waals surface area contributed by atoms with Crippen molar-refractivity contribution >= 4 is 22.8 Å². The van der Waals surface area contributed by atoms with Crippen LogP contribution >= 0.6 is 0 Å². The number of carbonyl (C=O) groups excluding carboxylic acids is 2. The van der Waals surface area contributed by atoms with E-state index in [0.717, 1.165) is 12.8 Å². The van der Waals surface area contributed by atoms with E-state index in [2.05, 4.69) is 0 Å². The first-order chi connectivity index (χ1) is 16.9. The third-order valence-corrected chi connectivity index (χ3v) is 5.89. The van der Waals surface area contributed by atoms with E-state index in [1.807, 2.05) is 32.0 Å². The smallest absolute Gasteiger partial charge is 0.306 e. The first kappa shape index (κ1) is 25.9. The number of nitrogens with zero attached hydrogens (tertiary/aromatic N) is 3. The molecular weight excluding hydrogens is 446 g/mol. The zero-order valence-electron chi connectivity index (χ0n) is 20.8. The number of rotatable bonds is 11. The zero-order valence-corrected chi connectivity index (χ0v) is 20.8. The molecule has 0 radical (unpaired) electrons. The maximum Gasteiger partial charge on any atom is 0.306 e. The number of benzene rings is 2. The maximum absolute atomic E-state index is 13.7. The van der Waals surface area contributed by atoms with E-state index in [1.165, 1.54) is 4.57 Å². The summed E-state index contributed by atoms with van der Waals surface area (Å²) in [4.78, 5) is 45.4. The molecule has 2 aromatic carbocycles. The number of esters is 1. The third-order valence-electron chi connectivity index (χ3n) is 5.89. The van der Waals surface area contributed by atoms with Crippen LogP contribution in [0.1, 0.15) is 58.3 Å². The highest BCUT2D eigenvalue weighted by molar-refractivity contribution is 5.82. The molecule has 1 heterocycles. The summed E-state index contributed by atoms with van der Waals surface area (Å²) in [7, 11) is 1.55. The van der Waals surface area contributed by atoms with Crippen molar-refractivity contribution in [3.63, 3.8) is 0 Å². The van der Waals surface area contributed by atoms with Crippen LogP contribution in [-0.2, 0) is 14.3 Å². The standard InChI is InChI=1S/C27H33N3O5/c1-5-7-18-29(24(31)16-17-25(32)35-6-2)19(3)26-28-21-13-9-8-12-20(21)27(33)30(26)22-14-10-11-15-23(22)34-4/h8-15,19H,5-7,16-18H2,1-4H3. The number of hydrogen-bond donors (Lipinski definition) is 0. The van der Waals surface area contributed by atoms with Gasteiger partial charge in [-0.2, -0.15) is 0 Å². The first-order valence-electron chi connectivity index (χ1n) is 12.0. The maximum atomic E-state index is 13.7. The van der Waals surface area contributed by atoms with Crippen molar-refractivity contribution < 1.29 is 19.1 Å². The second-order valence-electron chi connectivity index (χ2n) is 8.22. The van der Waals surface area contributed by atoms with Crippen LogP contribution in [0.3, 0.4) is 0 Å². The van der Waals surface area contributed by atoms with Gasteiger partial charge in [0, 0.05) is 13.0 Å². The van der Waals surface area contributed by atoms with Gasteiger partial charge in [-0.25, -0.2) is 4.98 Å². The molecule has 8 nitrogen and oxygen atoms in total. The predicted molar refractivity (Wildman–Crippen MR) is 135 cm³/mol. The lowest BCUT2D eigenvalue weighted by Crippen LogP contribution is -2.38. The molecule has 8 heteroatoms. The van der Waals surface area contributed by atoms with Crippen LogP contribution in [0, 0.1) is 0 Å². The fourth-order valence-corrected chi connectivity index (χ4v) is 4.07. The lowest BCUT2D eigenvalue weighted by atomic mass is 10.1. The van der Waals surface area contributed by atoms with Gasteiger partial charge < -0.3 is 14.4 Å². The average Bonchev–Trinajstić information content (AvgIpc) is 2.87. The van der Waals surface area contributed by atoms with Crippen molar-refractivity contribution in [3.05, 3.63) is 64.7 Å². The highest BCUT2D eigenvalue weighted by Gasteiger charge is 2.27. The minimum atomic E-state index is -0.529. The van der Waals surface area contributed by atoms with E-state index in [4.69, 9.17) is 14.5 Å². The number of fused-ring (bicyclic) bond motifs is 1. The topological polar surface area (TPSA) is 90.7 Å². The van der Waals surface area contributed by atoms with Gasteiger partial charge >= 0.3 is 5.97 Å². The lowest BCUT2D eigenvalue weighted by molar-refractivity contribution is -0.146. The summed E-state index contributed by atoms with van der Waals surface area (Å²) >= 11 is 0. The Labute approximate surface area is 205 Å². The van der Waals surface area contributed by atoms with Gasteiger partial charge in [0.25, 0.3) is 5.56 Å². The molecule has 1 amide bonds. The molecule has 0 N–H and O–H groups in total. The molecule has 0 fully saturated rings. The molecule has 0 aliphatic carbocycles. The van der Waals surface area contributed by atoms with Crippen molar-refractivity contribution in [2.24, 2.45) is 0 Å². The quantitative estimate of drug-likeness (QED) is 0.378. The van der Waals surface area contributed by atoms with Gasteiger partial charge in [-0.1, -0.05) is 37.6 Å². The Bertz CT molecular complexity index is 1240. The van der Waals surface area contributed by atoms with E-state index in [0.29, 0.717) is 34.7 Å². The first-order valence-corrected chi connectivity index (χ1v) is 12.0. The number of ether oxygens (including phenoxy) is 2. The summed E-state index contributed by atoms with van der Waals surface area (Å²) in [5.74, 6) is 0.361. The third kappa shape index (κ3) is 5.88. The highest BCUT2D eigenvalue weighted by atomic mass is 16.5. The zero-order chi connectivity index (χ0) is 25.4. The van der Waals surface area contributed by atoms with Gasteiger partial charge in [0.05, 0.1) is 42.8 Å². The van der Waals surface area contributed by atoms with E-state index < -0.39 is 12.0 Å². The number of para-hydroxylation sites is 3. The van der Waals surface area contributed by atoms with Gasteiger partial charge in [0.1, 0.15) is 11.6 Å². The molecule has 1 aromatic heterocycles. The van der Waals surface area contributed by atoms with Crippen molar-refractivity contribution in [1.82, 2.24) is 14.5 Å². The van der Waals surface area contributed by atoms with Crippen LogP contribution in [0.2, 0.25) is 0 Å². The number of methoxy groups -OCH3 is 1. The summed E-state index contributed by atoms with van der Waals surface area (Å²) in [6.45, 7) is 6.40. The molecular formula is C27H33N3O5. The minimum Gasteiger partial charge on any atom is -0.495 e. The summed E-state index contributed by atoms with van der Waals surface area (Å²) in [6.07, 6.45) is 1.70. The molecule has 0 bridgehead atoms. The molecule has 0 saturated carbocycles. The predicted octanol–water partition coefficient (Wildman–Crippen LogP) is 4.43. The van der Waals surface area contributed by atoms with E-state index in [9.17, 15) is 14.4 Å². The Morgan fingerprint density at radius 1 is 1.06 bits per heavy atom. The van der Waals surface area contributed by atoms with E-state index in [-0.39, 0.29) is 30.9 Å². The van der Waals surface area contributed by atoms with Gasteiger partial charge in [0.2, 0.25) is 5.91 Å². The van der Waals surface area contributed by atoms with Crippen molar-refractivity contribution in [2.75, 3.05) is 20.3 Å². The molecule has 0 aliphatic rings. The van der Waals surface area contributed by atoms with Crippen LogP contribution < -0.4 is 10.3 Å². The van der Waals surface area contributed by atoms with Gasteiger partial charge in [0.15, 0.2) is 0 Å². The van der Waals surface area contributed by atoms with E-state index in [1.54, 1.807) is 49.3 Å². The fraction of sp³-hybridized carbons (Fsp3) is 0.407. The Hall–Kier alpha value is -3.68. The van der Waals surface area contributed by atoms with Gasteiger partial charge in [-0.05, 0) is 44.5 Å². The normalized spacial score (nSPS) is 11.8. The van der Waals surface area contributed by atoms with Crippen LogP contribution in [0.15, 0.2) is 53.3 Å². The van der Waals surface area contributed by atoms with Crippen molar-refractivity contribution in [1.29, 1.82) is 0 Å². The second-order valence-corrected chi connectivity index (χ2v) is 8.22. The number of aromatic nitrogens is 2. The molecule has 35 heavy (non-hydrogen) atoms. The van der Waals surface area contributed by atoms with Gasteiger partial charge in [-0.15, -0.1) is 0 Å². The largest absolute Gasteiger partial charge is 0.495 e. The number of unbranched alkanes of at least 4 members (excludes halogenated alkanes) is 1. The average molecular weight is 480 g/mol. The minimum absolute atomic E-state index is 0.00643. The van der Waals surface area contributed by atoms with Crippen LogP contribution in [-0.4, -0.2) is 46.6 Å². The SMILES string of the molecule is CCCCN(C(=O)CCC(=O)OCC)C(C)c1nc2ccccc2c(=O)n1-c1ccccc1OC. The Balaban J connectivity index is 2.13. The molecule has 0 spiro atoms. The van der Waals surface area contributed by atoms with E-state index >= 15 is 0 Å². The van der Waals surface area contributed by atoms with Crippen LogP contribution in [0.5, 0.6) is 5.75 Å². The molecule has 1 unspecified atom stereocenters. The number of amides is 1. The molecule has 186 valence electrons. The summed E-state index contributed by atoms with van der Waals surface area (Å²) < 4.78 is 12.1. The Kier molecular flexibility index (Phi) is 9.00. The Morgan fingerprint density at radius 3 is 2.49 bits per heavy atom. The second kappa shape index (κ2) is 12.1. The molecule has 0 saturated heterocycles. The monoisotopic (exact) mass is 479 g/mol. The molecule has 1 atom stereocenters. The lowest BCUT2D eigenvalue weighted by Gasteiger charge is -2.31. The van der Waals surface area contributed by atoms with Gasteiger partial charge in [-0.3, -0.25) is 19.0 Å². The number of hydrogen-bond acceptors (Lipinski definition) is 6.